The third-order valence-corrected chi connectivity index (χ3v) is 7.62. The summed E-state index contributed by atoms with van der Waals surface area (Å²) in [6.07, 6.45) is -0.171. The van der Waals surface area contributed by atoms with E-state index in [1.807, 2.05) is 45.0 Å². The van der Waals surface area contributed by atoms with Gasteiger partial charge in [-0.2, -0.15) is 10.5 Å². The molecule has 0 bridgehead atoms. The predicted octanol–water partition coefficient (Wildman–Crippen LogP) is 5.87. The zero-order valence-corrected chi connectivity index (χ0v) is 24.4. The van der Waals surface area contributed by atoms with Crippen molar-refractivity contribution in [2.75, 3.05) is 26.1 Å². The number of nitrogen functional groups attached to an aromatic ring is 1. The van der Waals surface area contributed by atoms with Crippen LogP contribution in [0.5, 0.6) is 11.5 Å². The number of thioether (sulfide) groups is 1. The lowest BCUT2D eigenvalue weighted by Gasteiger charge is -2.17. The van der Waals surface area contributed by atoms with Gasteiger partial charge >= 0.3 is 0 Å². The van der Waals surface area contributed by atoms with Gasteiger partial charge in [0.1, 0.15) is 58.5 Å². The SMILES string of the molecule is COc1ccc(-c2nc(CSc3nc(N)c(C#N)c(-c4ccc(OC[C@H]5COC(C)(C)O5)cc4)c3C#N)c(C)o2)cc1. The van der Waals surface area contributed by atoms with Crippen molar-refractivity contribution in [3.63, 3.8) is 0 Å². The lowest BCUT2D eigenvalue weighted by Crippen LogP contribution is -2.25. The quantitative estimate of drug-likeness (QED) is 0.236. The van der Waals surface area contributed by atoms with Crippen molar-refractivity contribution >= 4 is 17.6 Å². The van der Waals surface area contributed by atoms with Gasteiger partial charge in [-0.05, 0) is 62.7 Å². The number of nitrogens with zero attached hydrogens (tertiary/aromatic N) is 4. The number of nitrogens with two attached hydrogens (primary N) is 1. The van der Waals surface area contributed by atoms with Gasteiger partial charge in [0.15, 0.2) is 5.79 Å². The third-order valence-electron chi connectivity index (χ3n) is 6.64. The molecule has 1 aliphatic heterocycles. The van der Waals surface area contributed by atoms with E-state index >= 15 is 0 Å². The van der Waals surface area contributed by atoms with Crippen molar-refractivity contribution in [1.82, 2.24) is 9.97 Å². The van der Waals surface area contributed by atoms with Gasteiger partial charge in [-0.25, -0.2) is 9.97 Å². The molecule has 0 radical (unpaired) electrons. The minimum atomic E-state index is -0.624. The van der Waals surface area contributed by atoms with Gasteiger partial charge in [-0.1, -0.05) is 23.9 Å². The Balaban J connectivity index is 1.36. The van der Waals surface area contributed by atoms with Crippen molar-refractivity contribution in [2.24, 2.45) is 0 Å². The monoisotopic (exact) mass is 583 g/mol. The molecule has 0 aliphatic carbocycles. The smallest absolute Gasteiger partial charge is 0.226 e. The molecule has 1 fully saturated rings. The van der Waals surface area contributed by atoms with Gasteiger partial charge in [-0.3, -0.25) is 0 Å². The summed E-state index contributed by atoms with van der Waals surface area (Å²) in [6.45, 7) is 6.35. The van der Waals surface area contributed by atoms with Crippen molar-refractivity contribution in [3.8, 4) is 46.2 Å². The van der Waals surface area contributed by atoms with E-state index in [1.54, 1.807) is 31.4 Å². The summed E-state index contributed by atoms with van der Waals surface area (Å²) in [6, 6.07) is 18.9. The largest absolute Gasteiger partial charge is 0.497 e. The standard InChI is InChI=1S/C31H29N5O5S/c1-18-26(35-29(40-18)20-7-9-21(37-4)10-8-20)17-42-30-25(14-33)27(24(13-32)28(34)36-30)19-5-11-22(12-6-19)38-15-23-16-39-31(2,3)41-23/h5-12,23H,15-17H2,1-4H3,(H2,34,36)/t23-/m0/s1. The number of rotatable bonds is 9. The molecule has 11 heteroatoms. The summed E-state index contributed by atoms with van der Waals surface area (Å²) in [7, 11) is 1.61. The fraction of sp³-hybridized carbons (Fsp3) is 0.290. The highest BCUT2D eigenvalue weighted by Gasteiger charge is 2.33. The molecule has 42 heavy (non-hydrogen) atoms. The minimum absolute atomic E-state index is 0.0473. The summed E-state index contributed by atoms with van der Waals surface area (Å²) in [4.78, 5) is 9.06. The molecule has 10 nitrogen and oxygen atoms in total. The summed E-state index contributed by atoms with van der Waals surface area (Å²) in [5, 5.41) is 20.5. The second-order valence-corrected chi connectivity index (χ2v) is 10.9. The Morgan fingerprint density at radius 3 is 2.29 bits per heavy atom. The normalized spacial score (nSPS) is 15.6. The zero-order valence-electron chi connectivity index (χ0n) is 23.6. The Labute approximate surface area is 248 Å². The van der Waals surface area contributed by atoms with Crippen LogP contribution < -0.4 is 15.2 Å². The number of aromatic nitrogens is 2. The van der Waals surface area contributed by atoms with Gasteiger partial charge in [0.25, 0.3) is 0 Å². The highest BCUT2D eigenvalue weighted by atomic mass is 32.2. The fourth-order valence-corrected chi connectivity index (χ4v) is 5.50. The van der Waals surface area contributed by atoms with Crippen LogP contribution in [-0.4, -0.2) is 42.2 Å². The van der Waals surface area contributed by atoms with Crippen LogP contribution in [-0.2, 0) is 15.2 Å². The molecule has 1 atom stereocenters. The number of ether oxygens (including phenoxy) is 4. The molecule has 214 valence electrons. The fourth-order valence-electron chi connectivity index (χ4n) is 4.50. The van der Waals surface area contributed by atoms with Gasteiger partial charge in [0.2, 0.25) is 5.89 Å². The average Bonchev–Trinajstić information content (AvgIpc) is 3.55. The first kappa shape index (κ1) is 29.0. The van der Waals surface area contributed by atoms with Crippen molar-refractivity contribution in [2.45, 2.75) is 43.4 Å². The second kappa shape index (κ2) is 12.1. The minimum Gasteiger partial charge on any atom is -0.497 e. The molecule has 2 N–H and O–H groups in total. The maximum absolute atomic E-state index is 10.2. The van der Waals surface area contributed by atoms with Crippen LogP contribution in [0.25, 0.3) is 22.6 Å². The molecule has 5 rings (SSSR count). The molecule has 0 spiro atoms. The highest BCUT2D eigenvalue weighted by Crippen LogP contribution is 2.38. The Bertz CT molecular complexity index is 1670. The topological polar surface area (TPSA) is 149 Å². The predicted molar refractivity (Wildman–Crippen MR) is 157 cm³/mol. The van der Waals surface area contributed by atoms with E-state index in [2.05, 4.69) is 22.1 Å². The molecule has 0 unspecified atom stereocenters. The molecule has 0 amide bonds. The lowest BCUT2D eigenvalue weighted by atomic mass is 9.97. The summed E-state index contributed by atoms with van der Waals surface area (Å²) in [5.41, 5.74) is 9.21. The van der Waals surface area contributed by atoms with Crippen molar-refractivity contribution in [1.29, 1.82) is 10.5 Å². The van der Waals surface area contributed by atoms with Crippen LogP contribution in [0.3, 0.4) is 0 Å². The van der Waals surface area contributed by atoms with Gasteiger partial charge in [0, 0.05) is 16.9 Å². The van der Waals surface area contributed by atoms with Crippen molar-refractivity contribution in [3.05, 3.63) is 71.1 Å². The van der Waals surface area contributed by atoms with Crippen LogP contribution in [0.2, 0.25) is 0 Å². The van der Waals surface area contributed by atoms with Crippen LogP contribution in [0.4, 0.5) is 5.82 Å². The van der Waals surface area contributed by atoms with Crippen LogP contribution in [0, 0.1) is 29.6 Å². The first-order chi connectivity index (χ1) is 20.2. The summed E-state index contributed by atoms with van der Waals surface area (Å²) < 4.78 is 28.4. The van der Waals surface area contributed by atoms with E-state index in [4.69, 9.17) is 29.1 Å². The molecule has 0 saturated carbocycles. The third kappa shape index (κ3) is 6.19. The molecule has 1 aliphatic rings. The van der Waals surface area contributed by atoms with Crippen LogP contribution >= 0.6 is 11.8 Å². The number of pyridine rings is 1. The molecule has 1 saturated heterocycles. The summed E-state index contributed by atoms with van der Waals surface area (Å²) >= 11 is 1.30. The molecule has 3 heterocycles. The van der Waals surface area contributed by atoms with Gasteiger partial charge in [0.05, 0.1) is 25.0 Å². The number of hydrogen-bond donors (Lipinski definition) is 1. The number of aryl methyl sites for hydroxylation is 1. The van der Waals surface area contributed by atoms with Crippen LogP contribution in [0.15, 0.2) is 58.0 Å². The van der Waals surface area contributed by atoms with Gasteiger partial charge < -0.3 is 29.1 Å². The molecule has 2 aromatic carbocycles. The molecule has 4 aromatic rings. The first-order valence-electron chi connectivity index (χ1n) is 13.1. The van der Waals surface area contributed by atoms with E-state index in [1.165, 1.54) is 11.8 Å². The molecule has 2 aromatic heterocycles. The van der Waals surface area contributed by atoms with Gasteiger partial charge in [-0.15, -0.1) is 0 Å². The second-order valence-electron chi connectivity index (χ2n) is 9.98. The number of oxazole rings is 1. The Kier molecular flexibility index (Phi) is 8.36. The molecular weight excluding hydrogens is 554 g/mol. The lowest BCUT2D eigenvalue weighted by molar-refractivity contribution is -0.141. The van der Waals surface area contributed by atoms with Crippen molar-refractivity contribution < 1.29 is 23.4 Å². The van der Waals surface area contributed by atoms with E-state index in [-0.39, 0.29) is 23.0 Å². The number of hydrogen-bond acceptors (Lipinski definition) is 11. The van der Waals surface area contributed by atoms with E-state index in [0.717, 1.165) is 11.3 Å². The first-order valence-corrected chi connectivity index (χ1v) is 14.1. The number of methoxy groups -OCH3 is 1. The average molecular weight is 584 g/mol. The number of anilines is 1. The molecular formula is C31H29N5O5S. The maximum Gasteiger partial charge on any atom is 0.226 e. The Morgan fingerprint density at radius 2 is 1.67 bits per heavy atom. The number of nitriles is 2. The van der Waals surface area contributed by atoms with Crippen LogP contribution in [0.1, 0.15) is 36.4 Å². The maximum atomic E-state index is 10.2. The summed E-state index contributed by atoms with van der Waals surface area (Å²) in [5.74, 6) is 2.30. The van der Waals surface area contributed by atoms with E-state index < -0.39 is 5.79 Å². The Morgan fingerprint density at radius 1 is 1.00 bits per heavy atom. The highest BCUT2D eigenvalue weighted by molar-refractivity contribution is 7.98. The van der Waals surface area contributed by atoms with E-state index in [0.29, 0.717) is 58.2 Å². The Hall–Kier alpha value is -4.55. The number of benzene rings is 2. The van der Waals surface area contributed by atoms with E-state index in [9.17, 15) is 10.5 Å². The zero-order chi connectivity index (χ0) is 29.9.